The Balaban J connectivity index is 1.99. The van der Waals surface area contributed by atoms with Crippen molar-refractivity contribution in [2.45, 2.75) is 45.3 Å². The van der Waals surface area contributed by atoms with Gasteiger partial charge in [0.1, 0.15) is 0 Å². The SMILES string of the molecule is CCc1nn(C)c(COC2CCCC2CN)c1Br. The van der Waals surface area contributed by atoms with Gasteiger partial charge in [0.05, 0.1) is 28.6 Å². The molecule has 0 radical (unpaired) electrons. The van der Waals surface area contributed by atoms with Gasteiger partial charge in [-0.05, 0) is 47.7 Å². The summed E-state index contributed by atoms with van der Waals surface area (Å²) in [5.41, 5.74) is 7.99. The van der Waals surface area contributed by atoms with E-state index in [0.717, 1.165) is 35.2 Å². The van der Waals surface area contributed by atoms with Gasteiger partial charge in [0.2, 0.25) is 0 Å². The highest BCUT2D eigenvalue weighted by Crippen LogP contribution is 2.29. The van der Waals surface area contributed by atoms with Crippen molar-refractivity contribution in [2.24, 2.45) is 18.7 Å². The molecular weight excluding hydrogens is 294 g/mol. The molecule has 1 heterocycles. The Morgan fingerprint density at radius 1 is 1.50 bits per heavy atom. The van der Waals surface area contributed by atoms with E-state index >= 15 is 0 Å². The zero-order valence-corrected chi connectivity index (χ0v) is 12.7. The Hall–Kier alpha value is -0.390. The maximum absolute atomic E-state index is 6.04. The largest absolute Gasteiger partial charge is 0.372 e. The van der Waals surface area contributed by atoms with Gasteiger partial charge in [-0.25, -0.2) is 0 Å². The van der Waals surface area contributed by atoms with Gasteiger partial charge in [-0.15, -0.1) is 0 Å². The van der Waals surface area contributed by atoms with E-state index in [4.69, 9.17) is 10.5 Å². The normalized spacial score (nSPS) is 23.8. The van der Waals surface area contributed by atoms with Crippen LogP contribution in [-0.4, -0.2) is 22.4 Å². The molecule has 1 aliphatic rings. The van der Waals surface area contributed by atoms with Crippen LogP contribution in [0.3, 0.4) is 0 Å². The lowest BCUT2D eigenvalue weighted by Gasteiger charge is -2.18. The number of nitrogens with zero attached hydrogens (tertiary/aromatic N) is 2. The monoisotopic (exact) mass is 315 g/mol. The number of aryl methyl sites for hydroxylation is 2. The molecule has 1 saturated carbocycles. The van der Waals surface area contributed by atoms with Gasteiger partial charge in [0.15, 0.2) is 0 Å². The lowest BCUT2D eigenvalue weighted by Crippen LogP contribution is -2.25. The lowest BCUT2D eigenvalue weighted by molar-refractivity contribution is 0.0149. The Labute approximate surface area is 117 Å². The third-order valence-corrected chi connectivity index (χ3v) is 4.74. The van der Waals surface area contributed by atoms with Crippen molar-refractivity contribution >= 4 is 15.9 Å². The number of aromatic nitrogens is 2. The zero-order valence-electron chi connectivity index (χ0n) is 11.2. The lowest BCUT2D eigenvalue weighted by atomic mass is 10.1. The molecule has 4 nitrogen and oxygen atoms in total. The second-order valence-corrected chi connectivity index (χ2v) is 5.75. The Morgan fingerprint density at radius 3 is 2.89 bits per heavy atom. The van der Waals surface area contributed by atoms with E-state index in [0.29, 0.717) is 18.6 Å². The maximum Gasteiger partial charge on any atom is 0.0900 e. The Morgan fingerprint density at radius 2 is 2.28 bits per heavy atom. The van der Waals surface area contributed by atoms with Gasteiger partial charge < -0.3 is 10.5 Å². The molecule has 1 aromatic rings. The molecule has 0 aromatic carbocycles. The van der Waals surface area contributed by atoms with Gasteiger partial charge in [-0.1, -0.05) is 13.3 Å². The molecule has 102 valence electrons. The maximum atomic E-state index is 6.04. The topological polar surface area (TPSA) is 53.1 Å². The van der Waals surface area contributed by atoms with Crippen LogP contribution < -0.4 is 5.73 Å². The molecular formula is C13H22BrN3O. The number of rotatable bonds is 5. The standard InChI is InChI=1S/C13H22BrN3O/c1-3-10-13(14)11(17(2)16-10)8-18-12-6-4-5-9(12)7-15/h9,12H,3-8,15H2,1-2H3. The highest BCUT2D eigenvalue weighted by Gasteiger charge is 2.27. The van der Waals surface area contributed by atoms with E-state index in [9.17, 15) is 0 Å². The van der Waals surface area contributed by atoms with Crippen LogP contribution in [0.15, 0.2) is 4.47 Å². The van der Waals surface area contributed by atoms with Gasteiger partial charge in [-0.2, -0.15) is 5.10 Å². The molecule has 2 atom stereocenters. The van der Waals surface area contributed by atoms with Crippen molar-refractivity contribution in [1.82, 2.24) is 9.78 Å². The quantitative estimate of drug-likeness (QED) is 0.907. The molecule has 2 rings (SSSR count). The molecule has 0 aliphatic heterocycles. The van der Waals surface area contributed by atoms with Crippen molar-refractivity contribution in [3.8, 4) is 0 Å². The van der Waals surface area contributed by atoms with Gasteiger partial charge in [0.25, 0.3) is 0 Å². The Bertz CT molecular complexity index is 405. The molecule has 5 heteroatoms. The fourth-order valence-corrected chi connectivity index (χ4v) is 3.39. The first-order valence-corrected chi connectivity index (χ1v) is 7.48. The molecule has 1 aromatic heterocycles. The number of ether oxygens (including phenoxy) is 1. The highest BCUT2D eigenvalue weighted by atomic mass is 79.9. The summed E-state index contributed by atoms with van der Waals surface area (Å²) in [5.74, 6) is 0.530. The predicted octanol–water partition coefficient (Wildman–Crippen LogP) is 2.39. The van der Waals surface area contributed by atoms with Crippen LogP contribution in [0.4, 0.5) is 0 Å². The average Bonchev–Trinajstić information content (AvgIpc) is 2.92. The highest BCUT2D eigenvalue weighted by molar-refractivity contribution is 9.10. The summed E-state index contributed by atoms with van der Waals surface area (Å²) >= 11 is 3.62. The first kappa shape index (κ1) is 14.0. The minimum Gasteiger partial charge on any atom is -0.372 e. The summed E-state index contributed by atoms with van der Waals surface area (Å²) in [5, 5.41) is 4.48. The van der Waals surface area contributed by atoms with Crippen LogP contribution >= 0.6 is 15.9 Å². The predicted molar refractivity (Wildman–Crippen MR) is 75.3 cm³/mol. The minimum absolute atomic E-state index is 0.321. The molecule has 0 bridgehead atoms. The van der Waals surface area contributed by atoms with Gasteiger partial charge >= 0.3 is 0 Å². The van der Waals surface area contributed by atoms with E-state index in [1.54, 1.807) is 0 Å². The van der Waals surface area contributed by atoms with Crippen LogP contribution in [0.25, 0.3) is 0 Å². The summed E-state index contributed by atoms with van der Waals surface area (Å²) < 4.78 is 9.05. The van der Waals surface area contributed by atoms with Gasteiger partial charge in [-0.3, -0.25) is 4.68 Å². The van der Waals surface area contributed by atoms with Crippen molar-refractivity contribution in [1.29, 1.82) is 0 Å². The summed E-state index contributed by atoms with van der Waals surface area (Å²) in [7, 11) is 1.97. The van der Waals surface area contributed by atoms with Crippen molar-refractivity contribution in [2.75, 3.05) is 6.54 Å². The van der Waals surface area contributed by atoms with Crippen LogP contribution in [-0.2, 0) is 24.8 Å². The number of hydrogen-bond donors (Lipinski definition) is 1. The van der Waals surface area contributed by atoms with E-state index in [1.807, 2.05) is 11.7 Å². The fraction of sp³-hybridized carbons (Fsp3) is 0.769. The summed E-state index contributed by atoms with van der Waals surface area (Å²) in [6, 6.07) is 0. The molecule has 18 heavy (non-hydrogen) atoms. The molecule has 0 saturated heterocycles. The Kier molecular flexibility index (Phi) is 4.81. The smallest absolute Gasteiger partial charge is 0.0900 e. The molecule has 1 aliphatic carbocycles. The van der Waals surface area contributed by atoms with Crippen LogP contribution in [0.2, 0.25) is 0 Å². The summed E-state index contributed by atoms with van der Waals surface area (Å²) in [4.78, 5) is 0. The minimum atomic E-state index is 0.321. The van der Waals surface area contributed by atoms with Crippen LogP contribution in [0.1, 0.15) is 37.6 Å². The summed E-state index contributed by atoms with van der Waals surface area (Å²) in [6.45, 7) is 3.46. The second-order valence-electron chi connectivity index (χ2n) is 4.96. The number of nitrogens with two attached hydrogens (primary N) is 1. The summed E-state index contributed by atoms with van der Waals surface area (Å²) in [6.07, 6.45) is 4.83. The first-order valence-electron chi connectivity index (χ1n) is 6.69. The van der Waals surface area contributed by atoms with Crippen LogP contribution in [0, 0.1) is 5.92 Å². The molecule has 1 fully saturated rings. The van der Waals surface area contributed by atoms with Crippen molar-refractivity contribution in [3.05, 3.63) is 15.9 Å². The molecule has 2 N–H and O–H groups in total. The molecule has 0 amide bonds. The van der Waals surface area contributed by atoms with E-state index in [1.165, 1.54) is 12.8 Å². The van der Waals surface area contributed by atoms with E-state index in [2.05, 4.69) is 28.0 Å². The van der Waals surface area contributed by atoms with E-state index in [-0.39, 0.29) is 0 Å². The van der Waals surface area contributed by atoms with Crippen molar-refractivity contribution in [3.63, 3.8) is 0 Å². The molecule has 2 unspecified atom stereocenters. The third-order valence-electron chi connectivity index (χ3n) is 3.83. The first-order chi connectivity index (χ1) is 8.67. The fourth-order valence-electron chi connectivity index (χ4n) is 2.65. The van der Waals surface area contributed by atoms with Gasteiger partial charge in [0, 0.05) is 7.05 Å². The van der Waals surface area contributed by atoms with Crippen LogP contribution in [0.5, 0.6) is 0 Å². The average molecular weight is 316 g/mol. The third kappa shape index (κ3) is 2.78. The second kappa shape index (κ2) is 6.17. The number of halogens is 1. The number of hydrogen-bond acceptors (Lipinski definition) is 3. The zero-order chi connectivity index (χ0) is 13.1. The van der Waals surface area contributed by atoms with Crippen molar-refractivity contribution < 1.29 is 4.74 Å². The van der Waals surface area contributed by atoms with E-state index < -0.39 is 0 Å². The molecule has 0 spiro atoms.